The summed E-state index contributed by atoms with van der Waals surface area (Å²) in [5, 5.41) is 17.4. The fourth-order valence-electron chi connectivity index (χ4n) is 9.35. The van der Waals surface area contributed by atoms with Crippen molar-refractivity contribution in [3.8, 4) is 22.3 Å². The minimum absolute atomic E-state index is 0.376. The van der Waals surface area contributed by atoms with Crippen molar-refractivity contribution >= 4 is 76.8 Å². The fraction of sp³-hybridized carbons (Fsp3) is 0.0189. The Hall–Kier alpha value is -6.76. The van der Waals surface area contributed by atoms with Gasteiger partial charge in [-0.25, -0.2) is 0 Å². The monoisotopic (exact) mass is 668 g/mol. The van der Waals surface area contributed by atoms with Crippen molar-refractivity contribution in [2.45, 2.75) is 5.92 Å². The first-order valence-electron chi connectivity index (χ1n) is 18.6. The number of hydrogen-bond acceptors (Lipinski definition) is 0. The van der Waals surface area contributed by atoms with E-state index in [4.69, 9.17) is 0 Å². The first kappa shape index (κ1) is 28.9. The van der Waals surface area contributed by atoms with Crippen LogP contribution in [0.5, 0.6) is 0 Å². The number of allylic oxidation sites excluding steroid dienone is 1. The van der Waals surface area contributed by atoms with Gasteiger partial charge in [0, 0.05) is 5.92 Å². The first-order chi connectivity index (χ1) is 26.2. The highest BCUT2D eigenvalue weighted by Gasteiger charge is 2.26. The molecule has 0 nitrogen and oxygen atoms in total. The van der Waals surface area contributed by atoms with Gasteiger partial charge >= 0.3 is 0 Å². The molecule has 0 N–H and O–H groups in total. The van der Waals surface area contributed by atoms with Gasteiger partial charge in [-0.1, -0.05) is 158 Å². The topological polar surface area (TPSA) is 0 Å². The van der Waals surface area contributed by atoms with Crippen molar-refractivity contribution in [2.75, 3.05) is 0 Å². The summed E-state index contributed by atoms with van der Waals surface area (Å²) >= 11 is 0. The normalized spacial score (nSPS) is 13.1. The Bertz CT molecular complexity index is 3150. The highest BCUT2D eigenvalue weighted by molar-refractivity contribution is 6.24. The van der Waals surface area contributed by atoms with Crippen LogP contribution in [0.3, 0.4) is 0 Å². The van der Waals surface area contributed by atoms with E-state index in [-0.39, 0.29) is 0 Å². The zero-order chi connectivity index (χ0) is 34.6. The van der Waals surface area contributed by atoms with Crippen LogP contribution < -0.4 is 5.22 Å². The molecule has 0 amide bonds. The van der Waals surface area contributed by atoms with Crippen molar-refractivity contribution in [2.24, 2.45) is 0 Å². The second kappa shape index (κ2) is 10.9. The van der Waals surface area contributed by atoms with E-state index >= 15 is 0 Å². The molecule has 0 aliphatic heterocycles. The van der Waals surface area contributed by atoms with E-state index in [2.05, 4.69) is 188 Å². The Kier molecular flexibility index (Phi) is 5.93. The van der Waals surface area contributed by atoms with E-state index < -0.39 is 0 Å². The number of hydrogen-bond donors (Lipinski definition) is 0. The molecule has 244 valence electrons. The van der Waals surface area contributed by atoms with Crippen LogP contribution in [-0.4, -0.2) is 0 Å². The standard InChI is InChI=1S/C53H32/c1-5-36-6-2-10-46-44(45(9-1)52(36)46)26-17-32-13-18-34(19-14-32)42-28-38-22-24-40-30-43(31-41-25-23-39(29-42)50(38)51(40)41)35-20-15-33(16-21-35)27-49-47-11-3-7-37-8-4-12-48(49)53(37)47/h1-31,44H. The summed E-state index contributed by atoms with van der Waals surface area (Å²) < 4.78 is 0. The summed E-state index contributed by atoms with van der Waals surface area (Å²) in [5.74, 6) is 0.376. The quantitative estimate of drug-likeness (QED) is 0.160. The smallest absolute Gasteiger partial charge is 0.0285 e. The lowest BCUT2D eigenvalue weighted by Gasteiger charge is -2.28. The van der Waals surface area contributed by atoms with Gasteiger partial charge in [0.2, 0.25) is 0 Å². The number of benzene rings is 10. The van der Waals surface area contributed by atoms with Crippen LogP contribution >= 0.6 is 0 Å². The lowest BCUT2D eigenvalue weighted by molar-refractivity contribution is 1.00. The predicted octanol–water partition coefficient (Wildman–Crippen LogP) is 13.5. The van der Waals surface area contributed by atoms with Crippen molar-refractivity contribution in [1.82, 2.24) is 0 Å². The van der Waals surface area contributed by atoms with E-state index in [9.17, 15) is 0 Å². The fourth-order valence-corrected chi connectivity index (χ4v) is 9.35. The SMILES string of the molecule is C(=CC1c2cccc3cccc1c23)c1ccc(-c2cc3ccc4cc(-c5ccc(C=c6c7cccc8cccc6c87)cc5)cc5ccc(c2)c3c45)cc1. The summed E-state index contributed by atoms with van der Waals surface area (Å²) in [6.45, 7) is 0. The van der Waals surface area contributed by atoms with Gasteiger partial charge in [-0.05, 0) is 145 Å². The van der Waals surface area contributed by atoms with Crippen LogP contribution in [0.1, 0.15) is 28.2 Å². The Labute approximate surface area is 307 Å². The summed E-state index contributed by atoms with van der Waals surface area (Å²) in [5.41, 5.74) is 10.3. The summed E-state index contributed by atoms with van der Waals surface area (Å²) in [6.07, 6.45) is 6.96. The summed E-state index contributed by atoms with van der Waals surface area (Å²) in [6, 6.07) is 63.3. The van der Waals surface area contributed by atoms with E-state index in [0.29, 0.717) is 5.92 Å². The van der Waals surface area contributed by atoms with Gasteiger partial charge in [0.25, 0.3) is 0 Å². The summed E-state index contributed by atoms with van der Waals surface area (Å²) in [7, 11) is 0. The highest BCUT2D eigenvalue weighted by atomic mass is 14.3. The van der Waals surface area contributed by atoms with Gasteiger partial charge in [-0.2, -0.15) is 0 Å². The van der Waals surface area contributed by atoms with E-state index in [0.717, 1.165) is 0 Å². The van der Waals surface area contributed by atoms with Crippen molar-refractivity contribution in [3.05, 3.63) is 203 Å². The average Bonchev–Trinajstić information content (AvgIpc) is 3.21. The number of rotatable bonds is 5. The Balaban J connectivity index is 0.840. The van der Waals surface area contributed by atoms with Crippen LogP contribution in [0.4, 0.5) is 0 Å². The zero-order valence-corrected chi connectivity index (χ0v) is 29.0. The lowest BCUT2D eigenvalue weighted by Crippen LogP contribution is -2.10. The molecule has 1 aliphatic rings. The molecule has 0 unspecified atom stereocenters. The molecule has 0 bridgehead atoms. The average molecular weight is 669 g/mol. The van der Waals surface area contributed by atoms with E-state index in [1.165, 1.54) is 114 Å². The van der Waals surface area contributed by atoms with Crippen molar-refractivity contribution < 1.29 is 0 Å². The molecule has 1 aliphatic carbocycles. The predicted molar refractivity (Wildman–Crippen MR) is 227 cm³/mol. The maximum absolute atomic E-state index is 2.36. The molecule has 0 heteroatoms. The second-order valence-corrected chi connectivity index (χ2v) is 14.9. The van der Waals surface area contributed by atoms with Gasteiger partial charge in [0.15, 0.2) is 0 Å². The molecule has 11 aromatic rings. The maximum atomic E-state index is 2.36. The van der Waals surface area contributed by atoms with Gasteiger partial charge in [-0.15, -0.1) is 0 Å². The molecule has 11 aromatic carbocycles. The molecule has 12 rings (SSSR count). The zero-order valence-electron chi connectivity index (χ0n) is 29.0. The van der Waals surface area contributed by atoms with Crippen LogP contribution in [-0.2, 0) is 0 Å². The molecule has 53 heavy (non-hydrogen) atoms. The Morgan fingerprint density at radius 1 is 0.340 bits per heavy atom. The van der Waals surface area contributed by atoms with Gasteiger partial charge in [0.05, 0.1) is 0 Å². The molecule has 0 radical (unpaired) electrons. The third kappa shape index (κ3) is 4.30. The van der Waals surface area contributed by atoms with Gasteiger partial charge in [0.1, 0.15) is 0 Å². The van der Waals surface area contributed by atoms with Gasteiger partial charge < -0.3 is 0 Å². The molecule has 0 saturated carbocycles. The van der Waals surface area contributed by atoms with Gasteiger partial charge in [-0.3, -0.25) is 0 Å². The third-order valence-electron chi connectivity index (χ3n) is 11.9. The molecule has 0 saturated heterocycles. The first-order valence-corrected chi connectivity index (χ1v) is 18.6. The van der Waals surface area contributed by atoms with Crippen LogP contribution in [0.25, 0.3) is 99.0 Å². The Morgan fingerprint density at radius 2 is 0.792 bits per heavy atom. The third-order valence-corrected chi connectivity index (χ3v) is 11.9. The van der Waals surface area contributed by atoms with Crippen LogP contribution in [0.2, 0.25) is 0 Å². The van der Waals surface area contributed by atoms with Crippen LogP contribution in [0.15, 0.2) is 176 Å². The summed E-state index contributed by atoms with van der Waals surface area (Å²) in [4.78, 5) is 0. The maximum Gasteiger partial charge on any atom is 0.0285 e. The minimum atomic E-state index is 0.376. The largest absolute Gasteiger partial charge is 0.0720 e. The lowest BCUT2D eigenvalue weighted by atomic mass is 9.75. The molecule has 0 heterocycles. The van der Waals surface area contributed by atoms with Crippen molar-refractivity contribution in [1.29, 1.82) is 0 Å². The molecule has 0 atom stereocenters. The molecular weight excluding hydrogens is 637 g/mol. The van der Waals surface area contributed by atoms with E-state index in [1.807, 2.05) is 0 Å². The Morgan fingerprint density at radius 3 is 1.30 bits per heavy atom. The molecule has 0 spiro atoms. The molecular formula is C53H32. The van der Waals surface area contributed by atoms with E-state index in [1.54, 1.807) is 0 Å². The molecule has 0 aromatic heterocycles. The van der Waals surface area contributed by atoms with Crippen LogP contribution in [0, 0.1) is 0 Å². The minimum Gasteiger partial charge on any atom is -0.0720 e. The highest BCUT2D eigenvalue weighted by Crippen LogP contribution is 2.45. The second-order valence-electron chi connectivity index (χ2n) is 14.9. The van der Waals surface area contributed by atoms with Crippen molar-refractivity contribution in [3.63, 3.8) is 0 Å². The molecule has 0 fully saturated rings.